The van der Waals surface area contributed by atoms with Gasteiger partial charge in [0.15, 0.2) is 0 Å². The summed E-state index contributed by atoms with van der Waals surface area (Å²) in [7, 11) is 0. The highest BCUT2D eigenvalue weighted by atomic mass is 35.5. The minimum absolute atomic E-state index is 0.123. The standard InChI is InChI=1S/C17H13Cl2FO3/c1-2-7-22-17(21)11-4-6-16(15(19)8-11)23-10-12-3-5-13(20)9-14(12)18/h2-6,8-9H,1,7,10H2. The van der Waals surface area contributed by atoms with Crippen molar-refractivity contribution in [3.63, 3.8) is 0 Å². The topological polar surface area (TPSA) is 35.5 Å². The van der Waals surface area contributed by atoms with Gasteiger partial charge in [-0.1, -0.05) is 41.9 Å². The Morgan fingerprint density at radius 1 is 1.17 bits per heavy atom. The van der Waals surface area contributed by atoms with Gasteiger partial charge in [0.05, 0.1) is 15.6 Å². The molecule has 0 radical (unpaired) electrons. The molecule has 6 heteroatoms. The molecule has 0 fully saturated rings. The van der Waals surface area contributed by atoms with Crippen molar-refractivity contribution in [1.29, 1.82) is 0 Å². The molecule has 120 valence electrons. The zero-order valence-corrected chi connectivity index (χ0v) is 13.5. The van der Waals surface area contributed by atoms with Crippen LogP contribution >= 0.6 is 23.2 Å². The van der Waals surface area contributed by atoms with E-state index < -0.39 is 11.8 Å². The van der Waals surface area contributed by atoms with Crippen molar-refractivity contribution < 1.29 is 18.7 Å². The summed E-state index contributed by atoms with van der Waals surface area (Å²) in [5.41, 5.74) is 0.933. The lowest BCUT2D eigenvalue weighted by Gasteiger charge is -2.10. The first-order valence-corrected chi connectivity index (χ1v) is 7.41. The lowest BCUT2D eigenvalue weighted by molar-refractivity contribution is 0.0549. The van der Waals surface area contributed by atoms with Crippen molar-refractivity contribution in [2.75, 3.05) is 6.61 Å². The maximum atomic E-state index is 13.0. The van der Waals surface area contributed by atoms with Crippen LogP contribution in [-0.2, 0) is 11.3 Å². The molecular formula is C17H13Cl2FO3. The van der Waals surface area contributed by atoms with E-state index in [1.807, 2.05) is 0 Å². The van der Waals surface area contributed by atoms with Gasteiger partial charge in [0, 0.05) is 5.56 Å². The Labute approximate surface area is 143 Å². The Morgan fingerprint density at radius 3 is 2.61 bits per heavy atom. The average Bonchev–Trinajstić information content (AvgIpc) is 2.52. The number of hydrogen-bond donors (Lipinski definition) is 0. The number of carbonyl (C=O) groups excluding carboxylic acids is 1. The van der Waals surface area contributed by atoms with Crippen molar-refractivity contribution >= 4 is 29.2 Å². The number of benzene rings is 2. The second-order valence-electron chi connectivity index (χ2n) is 4.56. The SMILES string of the molecule is C=CCOC(=O)c1ccc(OCc2ccc(F)cc2Cl)c(Cl)c1. The maximum Gasteiger partial charge on any atom is 0.338 e. The molecule has 0 aliphatic heterocycles. The molecule has 0 amide bonds. The minimum atomic E-state index is -0.500. The second kappa shape index (κ2) is 7.99. The Morgan fingerprint density at radius 2 is 1.96 bits per heavy atom. The monoisotopic (exact) mass is 354 g/mol. The molecule has 0 N–H and O–H groups in total. The van der Waals surface area contributed by atoms with E-state index in [0.29, 0.717) is 16.9 Å². The lowest BCUT2D eigenvalue weighted by atomic mass is 10.2. The molecule has 0 unspecified atom stereocenters. The number of esters is 1. The second-order valence-corrected chi connectivity index (χ2v) is 5.37. The van der Waals surface area contributed by atoms with E-state index in [1.54, 1.807) is 12.1 Å². The molecule has 0 aliphatic rings. The third kappa shape index (κ3) is 4.71. The zero-order chi connectivity index (χ0) is 16.8. The third-order valence-corrected chi connectivity index (χ3v) is 3.55. The molecule has 2 aromatic carbocycles. The first kappa shape index (κ1) is 17.3. The largest absolute Gasteiger partial charge is 0.487 e. The molecule has 0 saturated carbocycles. The fourth-order valence-corrected chi connectivity index (χ4v) is 2.21. The van der Waals surface area contributed by atoms with Crippen molar-refractivity contribution in [3.8, 4) is 5.75 Å². The van der Waals surface area contributed by atoms with Crippen LogP contribution in [0.25, 0.3) is 0 Å². The summed E-state index contributed by atoms with van der Waals surface area (Å²) < 4.78 is 23.5. The van der Waals surface area contributed by atoms with E-state index >= 15 is 0 Å². The molecule has 2 aromatic rings. The summed E-state index contributed by atoms with van der Waals surface area (Å²) in [5, 5.41) is 0.530. The molecule has 0 saturated heterocycles. The van der Waals surface area contributed by atoms with Crippen LogP contribution < -0.4 is 4.74 Å². The van der Waals surface area contributed by atoms with E-state index in [-0.39, 0.29) is 23.3 Å². The number of hydrogen-bond acceptors (Lipinski definition) is 3. The molecule has 0 bridgehead atoms. The fourth-order valence-electron chi connectivity index (χ4n) is 1.76. The summed E-state index contributed by atoms with van der Waals surface area (Å²) in [5.74, 6) is -0.536. The van der Waals surface area contributed by atoms with Crippen molar-refractivity contribution in [2.45, 2.75) is 6.61 Å². The van der Waals surface area contributed by atoms with Gasteiger partial charge >= 0.3 is 5.97 Å². The van der Waals surface area contributed by atoms with E-state index in [0.717, 1.165) is 0 Å². The van der Waals surface area contributed by atoms with Gasteiger partial charge in [0.1, 0.15) is 24.8 Å². The van der Waals surface area contributed by atoms with Crippen LogP contribution in [0, 0.1) is 5.82 Å². The van der Waals surface area contributed by atoms with Crippen molar-refractivity contribution in [2.24, 2.45) is 0 Å². The number of rotatable bonds is 6. The summed E-state index contributed by atoms with van der Waals surface area (Å²) in [6.45, 7) is 3.71. The van der Waals surface area contributed by atoms with Crippen LogP contribution in [0.4, 0.5) is 4.39 Å². The van der Waals surface area contributed by atoms with Gasteiger partial charge in [-0.3, -0.25) is 0 Å². The van der Waals surface area contributed by atoms with Gasteiger partial charge < -0.3 is 9.47 Å². The molecule has 3 nitrogen and oxygen atoms in total. The lowest BCUT2D eigenvalue weighted by Crippen LogP contribution is -2.05. The Balaban J connectivity index is 2.06. The quantitative estimate of drug-likeness (QED) is 0.537. The molecular weight excluding hydrogens is 342 g/mol. The van der Waals surface area contributed by atoms with Crippen LogP contribution in [0.3, 0.4) is 0 Å². The first-order valence-electron chi connectivity index (χ1n) is 6.65. The van der Waals surface area contributed by atoms with Crippen LogP contribution in [0.5, 0.6) is 5.75 Å². The van der Waals surface area contributed by atoms with Crippen LogP contribution in [0.2, 0.25) is 10.0 Å². The van der Waals surface area contributed by atoms with Crippen LogP contribution in [0.15, 0.2) is 49.1 Å². The minimum Gasteiger partial charge on any atom is -0.487 e. The third-order valence-electron chi connectivity index (χ3n) is 2.90. The van der Waals surface area contributed by atoms with Gasteiger partial charge in [0.25, 0.3) is 0 Å². The summed E-state index contributed by atoms with van der Waals surface area (Å²) >= 11 is 12.0. The molecule has 0 aromatic heterocycles. The number of carbonyl (C=O) groups is 1. The smallest absolute Gasteiger partial charge is 0.338 e. The van der Waals surface area contributed by atoms with Gasteiger partial charge in [-0.2, -0.15) is 0 Å². The molecule has 0 heterocycles. The number of ether oxygens (including phenoxy) is 2. The first-order chi connectivity index (χ1) is 11.0. The highest BCUT2D eigenvalue weighted by Gasteiger charge is 2.11. The highest BCUT2D eigenvalue weighted by molar-refractivity contribution is 6.32. The highest BCUT2D eigenvalue weighted by Crippen LogP contribution is 2.27. The molecule has 2 rings (SSSR count). The average molecular weight is 355 g/mol. The molecule has 0 aliphatic carbocycles. The number of halogens is 3. The van der Waals surface area contributed by atoms with E-state index in [4.69, 9.17) is 32.7 Å². The zero-order valence-electron chi connectivity index (χ0n) is 12.0. The fraction of sp³-hybridized carbons (Fsp3) is 0.118. The van der Waals surface area contributed by atoms with Crippen molar-refractivity contribution in [1.82, 2.24) is 0 Å². The van der Waals surface area contributed by atoms with Gasteiger partial charge in [-0.15, -0.1) is 0 Å². The van der Waals surface area contributed by atoms with Gasteiger partial charge in [-0.25, -0.2) is 9.18 Å². The Bertz CT molecular complexity index is 732. The predicted molar refractivity (Wildman–Crippen MR) is 87.7 cm³/mol. The van der Waals surface area contributed by atoms with E-state index in [2.05, 4.69) is 6.58 Å². The van der Waals surface area contributed by atoms with E-state index in [1.165, 1.54) is 30.3 Å². The molecule has 0 atom stereocenters. The Kier molecular flexibility index (Phi) is 6.02. The van der Waals surface area contributed by atoms with Gasteiger partial charge in [0.2, 0.25) is 0 Å². The van der Waals surface area contributed by atoms with E-state index in [9.17, 15) is 9.18 Å². The summed E-state index contributed by atoms with van der Waals surface area (Å²) in [6.07, 6.45) is 1.48. The summed E-state index contributed by atoms with van der Waals surface area (Å²) in [6, 6.07) is 8.59. The maximum absolute atomic E-state index is 13.0. The van der Waals surface area contributed by atoms with Crippen LogP contribution in [-0.4, -0.2) is 12.6 Å². The van der Waals surface area contributed by atoms with Crippen molar-refractivity contribution in [3.05, 3.63) is 76.0 Å². The van der Waals surface area contributed by atoms with Gasteiger partial charge in [-0.05, 0) is 30.3 Å². The summed E-state index contributed by atoms with van der Waals surface area (Å²) in [4.78, 5) is 11.7. The van der Waals surface area contributed by atoms with Crippen LogP contribution in [0.1, 0.15) is 15.9 Å². The predicted octanol–water partition coefficient (Wildman–Crippen LogP) is 5.05. The normalized spacial score (nSPS) is 10.2. The molecule has 0 spiro atoms. The Hall–Kier alpha value is -2.04. The molecule has 23 heavy (non-hydrogen) atoms.